The minimum absolute atomic E-state index is 0.00850. The van der Waals surface area contributed by atoms with Crippen molar-refractivity contribution >= 4 is 23.2 Å². The summed E-state index contributed by atoms with van der Waals surface area (Å²) in [4.78, 5) is 12.3. The van der Waals surface area contributed by atoms with Gasteiger partial charge in [-0.05, 0) is 25.9 Å². The molecule has 2 rings (SSSR count). The minimum Gasteiger partial charge on any atom is -0.495 e. The van der Waals surface area contributed by atoms with Gasteiger partial charge < -0.3 is 20.1 Å². The van der Waals surface area contributed by atoms with Crippen LogP contribution in [0.4, 0.5) is 5.69 Å². The second-order valence-electron chi connectivity index (χ2n) is 4.70. The van der Waals surface area contributed by atoms with E-state index in [4.69, 9.17) is 21.1 Å². The van der Waals surface area contributed by atoms with Gasteiger partial charge in [0.25, 0.3) is 0 Å². The first kappa shape index (κ1) is 14.9. The zero-order chi connectivity index (χ0) is 14.5. The summed E-state index contributed by atoms with van der Waals surface area (Å²) in [6, 6.07) is 3.32. The second-order valence-corrected chi connectivity index (χ2v) is 5.11. The third-order valence-electron chi connectivity index (χ3n) is 3.44. The maximum Gasteiger partial charge on any atom is 0.227 e. The standard InChI is InChI=1S/C14H19ClN2O3/c1-19-12-8-11(13(20-2)7-10(12)15)17-14(18)9-3-5-16-6-4-9/h7-9,16H,3-6H2,1-2H3,(H,17,18). The summed E-state index contributed by atoms with van der Waals surface area (Å²) in [5.74, 6) is 1.07. The molecule has 1 aliphatic heterocycles. The van der Waals surface area contributed by atoms with Gasteiger partial charge in [0.2, 0.25) is 5.91 Å². The molecule has 1 heterocycles. The Bertz CT molecular complexity index is 488. The molecule has 0 radical (unpaired) electrons. The van der Waals surface area contributed by atoms with Crippen LogP contribution in [0.3, 0.4) is 0 Å². The minimum atomic E-state index is 0.00850. The number of hydrogen-bond acceptors (Lipinski definition) is 4. The van der Waals surface area contributed by atoms with Gasteiger partial charge in [0, 0.05) is 18.1 Å². The van der Waals surface area contributed by atoms with E-state index in [1.165, 1.54) is 7.11 Å². The summed E-state index contributed by atoms with van der Waals surface area (Å²) >= 11 is 6.04. The van der Waals surface area contributed by atoms with E-state index in [0.29, 0.717) is 22.2 Å². The Morgan fingerprint density at radius 1 is 1.25 bits per heavy atom. The van der Waals surface area contributed by atoms with Crippen LogP contribution in [-0.4, -0.2) is 33.2 Å². The van der Waals surface area contributed by atoms with Gasteiger partial charge in [-0.3, -0.25) is 4.79 Å². The average Bonchev–Trinajstić information content (AvgIpc) is 2.49. The summed E-state index contributed by atoms with van der Waals surface area (Å²) in [6.07, 6.45) is 1.69. The zero-order valence-corrected chi connectivity index (χ0v) is 12.4. The van der Waals surface area contributed by atoms with Gasteiger partial charge in [-0.1, -0.05) is 11.6 Å². The van der Waals surface area contributed by atoms with Crippen LogP contribution in [0.1, 0.15) is 12.8 Å². The number of piperidine rings is 1. The molecule has 1 aromatic rings. The number of carbonyl (C=O) groups excluding carboxylic acids is 1. The highest BCUT2D eigenvalue weighted by molar-refractivity contribution is 6.32. The third kappa shape index (κ3) is 3.35. The van der Waals surface area contributed by atoms with Gasteiger partial charge in [-0.15, -0.1) is 0 Å². The van der Waals surface area contributed by atoms with Gasteiger partial charge in [0.1, 0.15) is 11.5 Å². The molecule has 1 fully saturated rings. The van der Waals surface area contributed by atoms with Gasteiger partial charge >= 0.3 is 0 Å². The van der Waals surface area contributed by atoms with E-state index in [1.807, 2.05) is 0 Å². The Morgan fingerprint density at radius 3 is 2.50 bits per heavy atom. The summed E-state index contributed by atoms with van der Waals surface area (Å²) in [5.41, 5.74) is 0.581. The molecule has 5 nitrogen and oxygen atoms in total. The third-order valence-corrected chi connectivity index (χ3v) is 3.74. The average molecular weight is 299 g/mol. The smallest absolute Gasteiger partial charge is 0.227 e. The first-order valence-corrected chi connectivity index (χ1v) is 6.96. The number of nitrogens with one attached hydrogen (secondary N) is 2. The monoisotopic (exact) mass is 298 g/mol. The predicted molar refractivity (Wildman–Crippen MR) is 78.8 cm³/mol. The van der Waals surface area contributed by atoms with Crippen molar-refractivity contribution < 1.29 is 14.3 Å². The molecule has 0 saturated carbocycles. The topological polar surface area (TPSA) is 59.6 Å². The summed E-state index contributed by atoms with van der Waals surface area (Å²) < 4.78 is 10.4. The Hall–Kier alpha value is -1.46. The van der Waals surface area contributed by atoms with E-state index < -0.39 is 0 Å². The number of amides is 1. The Kier molecular flexibility index (Phi) is 5.09. The van der Waals surface area contributed by atoms with E-state index in [9.17, 15) is 4.79 Å². The van der Waals surface area contributed by atoms with Crippen LogP contribution >= 0.6 is 11.6 Å². The molecule has 1 saturated heterocycles. The maximum absolute atomic E-state index is 12.3. The summed E-state index contributed by atoms with van der Waals surface area (Å²) in [5, 5.41) is 6.59. The molecule has 0 bridgehead atoms. The highest BCUT2D eigenvalue weighted by Gasteiger charge is 2.22. The first-order valence-electron chi connectivity index (χ1n) is 6.58. The molecule has 2 N–H and O–H groups in total. The number of anilines is 1. The number of ether oxygens (including phenoxy) is 2. The fraction of sp³-hybridized carbons (Fsp3) is 0.500. The van der Waals surface area contributed by atoms with E-state index in [-0.39, 0.29) is 11.8 Å². The van der Waals surface area contributed by atoms with Crippen molar-refractivity contribution in [3.05, 3.63) is 17.2 Å². The Morgan fingerprint density at radius 2 is 1.90 bits per heavy atom. The molecule has 0 aromatic heterocycles. The molecular weight excluding hydrogens is 280 g/mol. The molecule has 1 aromatic carbocycles. The van der Waals surface area contributed by atoms with Crippen LogP contribution < -0.4 is 20.1 Å². The van der Waals surface area contributed by atoms with Crippen molar-refractivity contribution in [3.63, 3.8) is 0 Å². The summed E-state index contributed by atoms with van der Waals surface area (Å²) in [7, 11) is 3.07. The second kappa shape index (κ2) is 6.81. The van der Waals surface area contributed by atoms with Crippen LogP contribution in [-0.2, 0) is 4.79 Å². The van der Waals surface area contributed by atoms with Crippen LogP contribution in [0.25, 0.3) is 0 Å². The molecule has 0 spiro atoms. The zero-order valence-electron chi connectivity index (χ0n) is 11.7. The van der Waals surface area contributed by atoms with Crippen molar-refractivity contribution in [1.29, 1.82) is 0 Å². The first-order chi connectivity index (χ1) is 9.65. The van der Waals surface area contributed by atoms with Crippen LogP contribution in [0, 0.1) is 5.92 Å². The highest BCUT2D eigenvalue weighted by Crippen LogP contribution is 2.36. The fourth-order valence-electron chi connectivity index (χ4n) is 2.28. The van der Waals surface area contributed by atoms with Crippen molar-refractivity contribution in [2.45, 2.75) is 12.8 Å². The largest absolute Gasteiger partial charge is 0.495 e. The number of hydrogen-bond donors (Lipinski definition) is 2. The SMILES string of the molecule is COc1cc(NC(=O)C2CCNCC2)c(OC)cc1Cl. The fourth-order valence-corrected chi connectivity index (χ4v) is 2.51. The molecule has 1 amide bonds. The summed E-state index contributed by atoms with van der Waals surface area (Å²) in [6.45, 7) is 1.75. The lowest BCUT2D eigenvalue weighted by Crippen LogP contribution is -2.34. The van der Waals surface area contributed by atoms with Crippen LogP contribution in [0.5, 0.6) is 11.5 Å². The molecule has 1 aliphatic rings. The van der Waals surface area contributed by atoms with Crippen molar-refractivity contribution in [3.8, 4) is 11.5 Å². The molecule has 0 aliphatic carbocycles. The van der Waals surface area contributed by atoms with E-state index >= 15 is 0 Å². The lowest BCUT2D eigenvalue weighted by molar-refractivity contribution is -0.120. The normalized spacial score (nSPS) is 15.8. The highest BCUT2D eigenvalue weighted by atomic mass is 35.5. The van der Waals surface area contributed by atoms with Gasteiger partial charge in [0.05, 0.1) is 24.9 Å². The van der Waals surface area contributed by atoms with Gasteiger partial charge in [-0.2, -0.15) is 0 Å². The molecule has 0 atom stereocenters. The molecule has 0 unspecified atom stereocenters. The van der Waals surface area contributed by atoms with Gasteiger partial charge in [-0.25, -0.2) is 0 Å². The van der Waals surface area contributed by atoms with E-state index in [0.717, 1.165) is 25.9 Å². The number of halogens is 1. The van der Waals surface area contributed by atoms with Crippen molar-refractivity contribution in [2.75, 3.05) is 32.6 Å². The maximum atomic E-state index is 12.3. The quantitative estimate of drug-likeness (QED) is 0.895. The molecule has 6 heteroatoms. The Balaban J connectivity index is 2.16. The number of benzene rings is 1. The number of methoxy groups -OCH3 is 2. The lowest BCUT2D eigenvalue weighted by atomic mass is 9.97. The molecular formula is C14H19ClN2O3. The van der Waals surface area contributed by atoms with Crippen molar-refractivity contribution in [1.82, 2.24) is 5.32 Å². The number of rotatable bonds is 4. The van der Waals surface area contributed by atoms with Crippen LogP contribution in [0.15, 0.2) is 12.1 Å². The van der Waals surface area contributed by atoms with E-state index in [1.54, 1.807) is 19.2 Å². The van der Waals surface area contributed by atoms with Crippen LogP contribution in [0.2, 0.25) is 5.02 Å². The molecule has 20 heavy (non-hydrogen) atoms. The van der Waals surface area contributed by atoms with Crippen molar-refractivity contribution in [2.24, 2.45) is 5.92 Å². The molecule has 110 valence electrons. The number of carbonyl (C=O) groups is 1. The van der Waals surface area contributed by atoms with Gasteiger partial charge in [0.15, 0.2) is 0 Å². The predicted octanol–water partition coefficient (Wildman–Crippen LogP) is 2.30. The Labute approximate surface area is 123 Å². The van der Waals surface area contributed by atoms with E-state index in [2.05, 4.69) is 10.6 Å². The lowest BCUT2D eigenvalue weighted by Gasteiger charge is -2.22.